The molecule has 3 heterocycles. The van der Waals surface area contributed by atoms with Crippen molar-refractivity contribution in [2.45, 2.75) is 13.2 Å². The number of nitrogens with one attached hydrogen (secondary N) is 2. The third-order valence-corrected chi connectivity index (χ3v) is 5.86. The van der Waals surface area contributed by atoms with E-state index in [0.717, 1.165) is 50.0 Å². The zero-order chi connectivity index (χ0) is 20.9. The highest BCUT2D eigenvalue weighted by Crippen LogP contribution is 2.27. The highest BCUT2D eigenvalue weighted by atomic mass is 79.9. The fourth-order valence-corrected chi connectivity index (χ4v) is 4.13. The molecule has 160 valence electrons. The average molecular weight is 499 g/mol. The standard InChI is InChI=1S/C19H21BrF2N6OS/c20-13-7-16(21)15(17(22)8-13)12-29-18-9-19(30-26-18)25-14-10-24-28(11-14)6-5-27-3-1-23-2-4-27/h7-11,23,25H,1-6,12H2. The van der Waals surface area contributed by atoms with Gasteiger partial charge in [0, 0.05) is 49.5 Å². The van der Waals surface area contributed by atoms with Crippen LogP contribution >= 0.6 is 27.5 Å². The highest BCUT2D eigenvalue weighted by molar-refractivity contribution is 9.10. The Labute approximate surface area is 185 Å². The van der Waals surface area contributed by atoms with E-state index in [1.54, 1.807) is 12.3 Å². The summed E-state index contributed by atoms with van der Waals surface area (Å²) in [7, 11) is 0. The Morgan fingerprint density at radius 3 is 2.70 bits per heavy atom. The number of nitrogens with zero attached hydrogens (tertiary/aromatic N) is 4. The third kappa shape index (κ3) is 5.54. The minimum absolute atomic E-state index is 0.133. The van der Waals surface area contributed by atoms with Gasteiger partial charge < -0.3 is 15.4 Å². The van der Waals surface area contributed by atoms with Gasteiger partial charge in [0.15, 0.2) is 0 Å². The zero-order valence-corrected chi connectivity index (χ0v) is 18.5. The number of halogens is 3. The second-order valence-electron chi connectivity index (χ2n) is 6.87. The molecule has 11 heteroatoms. The van der Waals surface area contributed by atoms with Gasteiger partial charge in [-0.15, -0.1) is 0 Å². The van der Waals surface area contributed by atoms with Crippen molar-refractivity contribution in [3.63, 3.8) is 0 Å². The van der Waals surface area contributed by atoms with E-state index < -0.39 is 11.6 Å². The molecule has 1 saturated heterocycles. The smallest absolute Gasteiger partial charge is 0.227 e. The highest BCUT2D eigenvalue weighted by Gasteiger charge is 2.13. The summed E-state index contributed by atoms with van der Waals surface area (Å²) < 4.78 is 39.7. The fraction of sp³-hybridized carbons (Fsp3) is 0.368. The van der Waals surface area contributed by atoms with Gasteiger partial charge in [0.25, 0.3) is 0 Å². The number of hydrogen-bond acceptors (Lipinski definition) is 7. The lowest BCUT2D eigenvalue weighted by molar-refractivity contribution is 0.229. The van der Waals surface area contributed by atoms with Gasteiger partial charge in [-0.1, -0.05) is 15.9 Å². The van der Waals surface area contributed by atoms with Crippen molar-refractivity contribution in [2.24, 2.45) is 0 Å². The molecule has 0 aliphatic carbocycles. The van der Waals surface area contributed by atoms with Gasteiger partial charge in [-0.2, -0.15) is 9.47 Å². The maximum Gasteiger partial charge on any atom is 0.227 e. The Balaban J connectivity index is 1.29. The van der Waals surface area contributed by atoms with Crippen LogP contribution in [0.15, 0.2) is 35.1 Å². The van der Waals surface area contributed by atoms with Gasteiger partial charge in [-0.05, 0) is 23.7 Å². The number of piperazine rings is 1. The molecule has 7 nitrogen and oxygen atoms in total. The Bertz CT molecular complexity index is 968. The van der Waals surface area contributed by atoms with Crippen molar-refractivity contribution in [3.05, 3.63) is 52.3 Å². The summed E-state index contributed by atoms with van der Waals surface area (Å²) in [6.07, 6.45) is 3.69. The van der Waals surface area contributed by atoms with Crippen LogP contribution in [0.5, 0.6) is 5.88 Å². The molecule has 0 amide bonds. The lowest BCUT2D eigenvalue weighted by atomic mass is 10.2. The average Bonchev–Trinajstić information content (AvgIpc) is 3.36. The predicted octanol–water partition coefficient (Wildman–Crippen LogP) is 3.61. The normalized spacial score (nSPS) is 14.8. The van der Waals surface area contributed by atoms with Gasteiger partial charge in [0.1, 0.15) is 23.2 Å². The minimum atomic E-state index is -0.663. The summed E-state index contributed by atoms with van der Waals surface area (Å²) in [5.41, 5.74) is 0.710. The SMILES string of the molecule is Fc1cc(Br)cc(F)c1COc1cc(Nc2cnn(CCN3CCNCC3)c2)sn1. The Morgan fingerprint density at radius 1 is 1.17 bits per heavy atom. The second-order valence-corrected chi connectivity index (χ2v) is 8.60. The number of hydrogen-bond donors (Lipinski definition) is 2. The first-order chi connectivity index (χ1) is 14.6. The molecule has 3 aromatic rings. The van der Waals surface area contributed by atoms with E-state index in [1.165, 1.54) is 23.7 Å². The third-order valence-electron chi connectivity index (χ3n) is 4.71. The van der Waals surface area contributed by atoms with E-state index in [1.807, 2.05) is 10.9 Å². The van der Waals surface area contributed by atoms with Gasteiger partial charge >= 0.3 is 0 Å². The zero-order valence-electron chi connectivity index (χ0n) is 16.1. The van der Waals surface area contributed by atoms with E-state index in [2.05, 4.69) is 40.9 Å². The van der Waals surface area contributed by atoms with E-state index in [-0.39, 0.29) is 12.2 Å². The quantitative estimate of drug-likeness (QED) is 0.494. The fourth-order valence-electron chi connectivity index (χ4n) is 3.11. The van der Waals surface area contributed by atoms with Crippen molar-refractivity contribution in [1.29, 1.82) is 0 Å². The van der Waals surface area contributed by atoms with Gasteiger partial charge in [-0.3, -0.25) is 9.58 Å². The molecule has 0 saturated carbocycles. The number of benzene rings is 1. The summed E-state index contributed by atoms with van der Waals surface area (Å²) in [4.78, 5) is 2.41. The molecule has 1 aromatic carbocycles. The molecule has 2 N–H and O–H groups in total. The Kier molecular flexibility index (Phi) is 6.93. The van der Waals surface area contributed by atoms with Crippen molar-refractivity contribution in [2.75, 3.05) is 38.0 Å². The van der Waals surface area contributed by atoms with Gasteiger partial charge in [0.05, 0.1) is 24.0 Å². The molecular formula is C19H21BrF2N6OS. The van der Waals surface area contributed by atoms with Crippen LogP contribution in [0.2, 0.25) is 0 Å². The van der Waals surface area contributed by atoms with Crippen molar-refractivity contribution in [1.82, 2.24) is 24.4 Å². The largest absolute Gasteiger partial charge is 0.472 e. The maximum atomic E-state index is 13.9. The number of aromatic nitrogens is 3. The van der Waals surface area contributed by atoms with Crippen LogP contribution in [0.25, 0.3) is 0 Å². The molecule has 0 unspecified atom stereocenters. The first-order valence-electron chi connectivity index (χ1n) is 9.52. The maximum absolute atomic E-state index is 13.9. The molecule has 0 bridgehead atoms. The lowest BCUT2D eigenvalue weighted by Gasteiger charge is -2.26. The van der Waals surface area contributed by atoms with E-state index in [0.29, 0.717) is 10.4 Å². The van der Waals surface area contributed by atoms with Crippen LogP contribution < -0.4 is 15.4 Å². The van der Waals surface area contributed by atoms with E-state index in [4.69, 9.17) is 4.74 Å². The van der Waals surface area contributed by atoms with Crippen molar-refractivity contribution < 1.29 is 13.5 Å². The number of anilines is 2. The number of rotatable bonds is 8. The first-order valence-corrected chi connectivity index (χ1v) is 11.1. The van der Waals surface area contributed by atoms with Crippen LogP contribution in [-0.4, -0.2) is 51.8 Å². The molecule has 0 radical (unpaired) electrons. The van der Waals surface area contributed by atoms with Crippen LogP contribution in [0, 0.1) is 11.6 Å². The lowest BCUT2D eigenvalue weighted by Crippen LogP contribution is -2.44. The summed E-state index contributed by atoms with van der Waals surface area (Å²) in [6.45, 7) is 5.73. The molecule has 0 spiro atoms. The first kappa shape index (κ1) is 21.2. The molecule has 1 fully saturated rings. The van der Waals surface area contributed by atoms with Crippen LogP contribution in [0.3, 0.4) is 0 Å². The molecule has 1 aliphatic heterocycles. The molecule has 1 aliphatic rings. The minimum Gasteiger partial charge on any atom is -0.472 e. The van der Waals surface area contributed by atoms with Crippen LogP contribution in [0.4, 0.5) is 19.5 Å². The predicted molar refractivity (Wildman–Crippen MR) is 115 cm³/mol. The Hall–Kier alpha value is -2.08. The molecule has 0 atom stereocenters. The topological polar surface area (TPSA) is 67.2 Å². The summed E-state index contributed by atoms with van der Waals surface area (Å²) in [6, 6.07) is 4.10. The Morgan fingerprint density at radius 2 is 1.93 bits per heavy atom. The summed E-state index contributed by atoms with van der Waals surface area (Å²) >= 11 is 4.26. The van der Waals surface area contributed by atoms with Crippen molar-refractivity contribution >= 4 is 38.2 Å². The summed E-state index contributed by atoms with van der Waals surface area (Å²) in [5, 5.41) is 11.7. The second kappa shape index (κ2) is 9.82. The number of ether oxygens (including phenoxy) is 1. The summed E-state index contributed by atoms with van der Waals surface area (Å²) in [5.74, 6) is -1.03. The van der Waals surface area contributed by atoms with Crippen LogP contribution in [-0.2, 0) is 13.2 Å². The van der Waals surface area contributed by atoms with E-state index >= 15 is 0 Å². The molecule has 2 aromatic heterocycles. The van der Waals surface area contributed by atoms with Crippen molar-refractivity contribution in [3.8, 4) is 5.88 Å². The monoisotopic (exact) mass is 498 g/mol. The van der Waals surface area contributed by atoms with Gasteiger partial charge in [-0.25, -0.2) is 8.78 Å². The molecular weight excluding hydrogens is 478 g/mol. The van der Waals surface area contributed by atoms with Gasteiger partial charge in [0.2, 0.25) is 5.88 Å². The van der Waals surface area contributed by atoms with E-state index in [9.17, 15) is 8.78 Å². The molecule has 30 heavy (non-hydrogen) atoms. The molecule has 4 rings (SSSR count). The van der Waals surface area contributed by atoms with Crippen LogP contribution in [0.1, 0.15) is 5.56 Å².